The Bertz CT molecular complexity index is 1550. The van der Waals surface area contributed by atoms with Gasteiger partial charge in [-0.05, 0) is 64.6 Å². The van der Waals surface area contributed by atoms with Gasteiger partial charge in [-0.25, -0.2) is 9.18 Å². The predicted molar refractivity (Wildman–Crippen MR) is 143 cm³/mol. The zero-order chi connectivity index (χ0) is 33.6. The topological polar surface area (TPSA) is 38.8 Å². The lowest BCUT2D eigenvalue weighted by Gasteiger charge is -2.37. The molecule has 3 aromatic carbocycles. The van der Waals surface area contributed by atoms with E-state index in [9.17, 15) is 48.7 Å². The van der Waals surface area contributed by atoms with Gasteiger partial charge in [0, 0.05) is 30.6 Å². The summed E-state index contributed by atoms with van der Waals surface area (Å²) in [4.78, 5) is 14.1. The molecule has 4 rings (SSSR count). The molecule has 3 aromatic rings. The SMILES string of the molecule is COc1cc(F)c(C(C)C)cc1-c1ccc(C(F)(F)F)cc1CN1CC(C)C(c2cc(C(F)(F)F)cc(C(F)(F)F)c2)OC1=O. The third kappa shape index (κ3) is 7.30. The van der Waals surface area contributed by atoms with Crippen molar-refractivity contribution < 1.29 is 58.2 Å². The molecule has 1 aliphatic heterocycles. The van der Waals surface area contributed by atoms with E-state index in [0.717, 1.165) is 29.2 Å². The summed E-state index contributed by atoms with van der Waals surface area (Å²) in [6.07, 6.45) is -17.7. The number of hydrogen-bond acceptors (Lipinski definition) is 3. The van der Waals surface area contributed by atoms with Crippen molar-refractivity contribution in [2.45, 2.75) is 57.9 Å². The van der Waals surface area contributed by atoms with Gasteiger partial charge < -0.3 is 14.4 Å². The Morgan fingerprint density at radius 2 is 1.42 bits per heavy atom. The van der Waals surface area contributed by atoms with Crippen LogP contribution in [-0.2, 0) is 29.8 Å². The number of hydrogen-bond donors (Lipinski definition) is 0. The molecule has 0 saturated carbocycles. The lowest BCUT2D eigenvalue weighted by atomic mass is 9.91. The van der Waals surface area contributed by atoms with Crippen LogP contribution in [0, 0.1) is 11.7 Å². The minimum absolute atomic E-state index is 0.0116. The van der Waals surface area contributed by atoms with Crippen molar-refractivity contribution >= 4 is 6.09 Å². The van der Waals surface area contributed by atoms with Crippen molar-refractivity contribution in [1.82, 2.24) is 4.90 Å². The van der Waals surface area contributed by atoms with Gasteiger partial charge in [-0.1, -0.05) is 26.8 Å². The first-order valence-corrected chi connectivity index (χ1v) is 13.5. The summed E-state index contributed by atoms with van der Waals surface area (Å²) in [5, 5.41) is 0. The van der Waals surface area contributed by atoms with Crippen molar-refractivity contribution in [3.63, 3.8) is 0 Å². The zero-order valence-corrected chi connectivity index (χ0v) is 24.2. The standard InChI is InChI=1S/C31H27F10NO3/c1-15(2)23-11-24(26(44-4)12-25(23)32)22-6-5-19(29(33,34)35)9-18(22)14-42-13-16(3)27(45-28(42)43)17-7-20(30(36,37)38)10-21(8-17)31(39,40)41/h5-12,15-16,27H,13-14H2,1-4H3. The summed E-state index contributed by atoms with van der Waals surface area (Å²) in [7, 11) is 1.25. The third-order valence-corrected chi connectivity index (χ3v) is 7.47. The fraction of sp³-hybridized carbons (Fsp3) is 0.387. The van der Waals surface area contributed by atoms with E-state index in [4.69, 9.17) is 9.47 Å². The maximum absolute atomic E-state index is 14.7. The molecule has 45 heavy (non-hydrogen) atoms. The number of benzene rings is 3. The molecule has 2 unspecified atom stereocenters. The van der Waals surface area contributed by atoms with Crippen molar-refractivity contribution in [2.75, 3.05) is 13.7 Å². The highest BCUT2D eigenvalue weighted by molar-refractivity contribution is 5.76. The monoisotopic (exact) mass is 651 g/mol. The molecule has 0 bridgehead atoms. The molecule has 2 atom stereocenters. The van der Waals surface area contributed by atoms with E-state index in [1.54, 1.807) is 13.8 Å². The highest BCUT2D eigenvalue weighted by Gasteiger charge is 2.41. The van der Waals surface area contributed by atoms with E-state index >= 15 is 0 Å². The number of rotatable bonds is 6. The summed E-state index contributed by atoms with van der Waals surface area (Å²) < 4.78 is 147. The predicted octanol–water partition coefficient (Wildman–Crippen LogP) is 10.0. The Hall–Kier alpha value is -3.97. The lowest BCUT2D eigenvalue weighted by molar-refractivity contribution is -0.143. The molecule has 0 radical (unpaired) electrons. The van der Waals surface area contributed by atoms with Gasteiger partial charge in [0.25, 0.3) is 0 Å². The van der Waals surface area contributed by atoms with Crippen LogP contribution in [0.25, 0.3) is 11.1 Å². The summed E-state index contributed by atoms with van der Waals surface area (Å²) >= 11 is 0. The molecule has 0 aliphatic carbocycles. The Balaban J connectivity index is 1.74. The molecular weight excluding hydrogens is 624 g/mol. The van der Waals surface area contributed by atoms with E-state index in [1.807, 2.05) is 0 Å². The summed E-state index contributed by atoms with van der Waals surface area (Å²) in [5.41, 5.74) is -4.11. The fourth-order valence-electron chi connectivity index (χ4n) is 5.25. The smallest absolute Gasteiger partial charge is 0.416 e. The molecule has 1 fully saturated rings. The van der Waals surface area contributed by atoms with Gasteiger partial charge in [0.05, 0.1) is 23.8 Å². The average molecular weight is 652 g/mol. The van der Waals surface area contributed by atoms with E-state index in [1.165, 1.54) is 20.1 Å². The number of halogens is 10. The quantitative estimate of drug-likeness (QED) is 0.249. The molecular formula is C31H27F10NO3. The third-order valence-electron chi connectivity index (χ3n) is 7.47. The van der Waals surface area contributed by atoms with E-state index in [-0.39, 0.29) is 46.5 Å². The molecule has 4 nitrogen and oxygen atoms in total. The Morgan fingerprint density at radius 1 is 0.844 bits per heavy atom. The summed E-state index contributed by atoms with van der Waals surface area (Å²) in [6.45, 7) is 4.08. The van der Waals surface area contributed by atoms with E-state index in [2.05, 4.69) is 0 Å². The number of alkyl halides is 9. The molecule has 244 valence electrons. The highest BCUT2D eigenvalue weighted by Crippen LogP contribution is 2.43. The van der Waals surface area contributed by atoms with Gasteiger partial charge in [-0.2, -0.15) is 39.5 Å². The summed E-state index contributed by atoms with van der Waals surface area (Å²) in [5.74, 6) is -1.77. The van der Waals surface area contributed by atoms with Crippen LogP contribution in [0.5, 0.6) is 5.75 Å². The number of amides is 1. The maximum Gasteiger partial charge on any atom is 0.416 e. The minimum atomic E-state index is -5.12. The number of nitrogens with zero attached hydrogens (tertiary/aromatic N) is 1. The van der Waals surface area contributed by atoms with Crippen molar-refractivity contribution in [2.24, 2.45) is 5.92 Å². The molecule has 0 aromatic heterocycles. The second-order valence-electron chi connectivity index (χ2n) is 11.1. The van der Waals surface area contributed by atoms with E-state index < -0.39 is 71.3 Å². The molecule has 1 heterocycles. The van der Waals surface area contributed by atoms with Gasteiger partial charge >= 0.3 is 24.6 Å². The van der Waals surface area contributed by atoms with Gasteiger partial charge in [0.15, 0.2) is 0 Å². The lowest BCUT2D eigenvalue weighted by Crippen LogP contribution is -2.43. The normalized spacial score (nSPS) is 17.9. The van der Waals surface area contributed by atoms with Gasteiger partial charge in [-0.3, -0.25) is 0 Å². The zero-order valence-electron chi connectivity index (χ0n) is 24.2. The second-order valence-corrected chi connectivity index (χ2v) is 11.1. The Morgan fingerprint density at radius 3 is 1.93 bits per heavy atom. The first-order chi connectivity index (χ1) is 20.7. The van der Waals surface area contributed by atoms with Crippen LogP contribution in [-0.4, -0.2) is 24.6 Å². The number of carbonyl (C=O) groups is 1. The van der Waals surface area contributed by atoms with Crippen molar-refractivity contribution in [3.05, 3.63) is 87.7 Å². The second kappa shape index (κ2) is 12.1. The van der Waals surface area contributed by atoms with Crippen molar-refractivity contribution in [3.8, 4) is 16.9 Å². The van der Waals surface area contributed by atoms with Crippen LogP contribution in [0.15, 0.2) is 48.5 Å². The Labute approximate surface area is 251 Å². The number of methoxy groups -OCH3 is 1. The first kappa shape index (κ1) is 33.9. The Kier molecular flexibility index (Phi) is 9.11. The van der Waals surface area contributed by atoms with E-state index in [0.29, 0.717) is 12.1 Å². The maximum atomic E-state index is 14.7. The number of cyclic esters (lactones) is 1. The fourth-order valence-corrected chi connectivity index (χ4v) is 5.25. The minimum Gasteiger partial charge on any atom is -0.496 e. The van der Waals surface area contributed by atoms with Crippen molar-refractivity contribution in [1.29, 1.82) is 0 Å². The molecule has 1 amide bonds. The molecule has 0 spiro atoms. The summed E-state index contributed by atoms with van der Waals surface area (Å²) in [6, 6.07) is 6.20. The molecule has 1 saturated heterocycles. The first-order valence-electron chi connectivity index (χ1n) is 13.5. The highest BCUT2D eigenvalue weighted by atomic mass is 19.4. The van der Waals surface area contributed by atoms with Crippen LogP contribution in [0.4, 0.5) is 48.7 Å². The molecule has 14 heteroatoms. The van der Waals surface area contributed by atoms with Gasteiger partial charge in [-0.15, -0.1) is 0 Å². The van der Waals surface area contributed by atoms with Crippen LogP contribution in [0.3, 0.4) is 0 Å². The number of ether oxygens (including phenoxy) is 2. The van der Waals surface area contributed by atoms with Crippen LogP contribution >= 0.6 is 0 Å². The van der Waals surface area contributed by atoms with Crippen LogP contribution in [0.2, 0.25) is 0 Å². The largest absolute Gasteiger partial charge is 0.496 e. The van der Waals surface area contributed by atoms with Crippen LogP contribution < -0.4 is 4.74 Å². The average Bonchev–Trinajstić information content (AvgIpc) is 2.92. The number of carbonyl (C=O) groups excluding carboxylic acids is 1. The van der Waals surface area contributed by atoms with Crippen LogP contribution in [0.1, 0.15) is 66.2 Å². The van der Waals surface area contributed by atoms with Gasteiger partial charge in [0.2, 0.25) is 0 Å². The van der Waals surface area contributed by atoms with Gasteiger partial charge in [0.1, 0.15) is 17.7 Å². The molecule has 0 N–H and O–H groups in total. The molecule has 1 aliphatic rings.